The molecule has 0 bridgehead atoms. The second-order valence-electron chi connectivity index (χ2n) is 5.03. The maximum Gasteiger partial charge on any atom is 0.122 e. The van der Waals surface area contributed by atoms with Gasteiger partial charge in [0.15, 0.2) is 0 Å². The summed E-state index contributed by atoms with van der Waals surface area (Å²) in [6, 6.07) is 0. The molecular formula is C11H17NO2S. The predicted molar refractivity (Wildman–Crippen MR) is 59.9 cm³/mol. The smallest absolute Gasteiger partial charge is 0.122 e. The van der Waals surface area contributed by atoms with Gasteiger partial charge in [0.05, 0.1) is 16.2 Å². The van der Waals surface area contributed by atoms with E-state index < -0.39 is 6.10 Å². The zero-order valence-corrected chi connectivity index (χ0v) is 10.6. The monoisotopic (exact) mass is 227 g/mol. The first kappa shape index (κ1) is 11.0. The summed E-state index contributed by atoms with van der Waals surface area (Å²) >= 11 is 1.55. The summed E-state index contributed by atoms with van der Waals surface area (Å²) in [6.45, 7) is 9.88. The molecule has 2 rings (SSSR count). The number of ether oxygens (including phenoxy) is 1. The van der Waals surface area contributed by atoms with Crippen LogP contribution >= 0.6 is 11.3 Å². The molecule has 84 valence electrons. The Morgan fingerprint density at radius 3 is 2.33 bits per heavy atom. The Labute approximate surface area is 94.1 Å². The summed E-state index contributed by atoms with van der Waals surface area (Å²) in [5, 5.41) is 10.3. The van der Waals surface area contributed by atoms with Gasteiger partial charge in [0.25, 0.3) is 0 Å². The number of aliphatic hydroxyl groups is 1. The van der Waals surface area contributed by atoms with E-state index in [-0.39, 0.29) is 11.2 Å². The number of hydrogen-bond acceptors (Lipinski definition) is 4. The van der Waals surface area contributed by atoms with Crippen LogP contribution in [0.5, 0.6) is 0 Å². The van der Waals surface area contributed by atoms with Gasteiger partial charge in [0.1, 0.15) is 16.7 Å². The van der Waals surface area contributed by atoms with Crippen molar-refractivity contribution >= 4 is 11.3 Å². The fourth-order valence-electron chi connectivity index (χ4n) is 2.06. The van der Waals surface area contributed by atoms with Gasteiger partial charge in [-0.2, -0.15) is 0 Å². The second-order valence-corrected chi connectivity index (χ2v) is 6.06. The highest BCUT2D eigenvalue weighted by atomic mass is 32.1. The minimum atomic E-state index is -0.493. The topological polar surface area (TPSA) is 42.4 Å². The zero-order chi connectivity index (χ0) is 11.4. The van der Waals surface area contributed by atoms with Gasteiger partial charge in [-0.1, -0.05) is 0 Å². The van der Waals surface area contributed by atoms with Crippen molar-refractivity contribution in [3.8, 4) is 0 Å². The van der Waals surface area contributed by atoms with E-state index in [1.807, 2.05) is 27.7 Å². The van der Waals surface area contributed by atoms with Crippen molar-refractivity contribution in [2.45, 2.75) is 51.9 Å². The van der Waals surface area contributed by atoms with Crippen LogP contribution in [0.3, 0.4) is 0 Å². The number of aromatic nitrogens is 1. The Bertz CT molecular complexity index is 362. The van der Waals surface area contributed by atoms with Crippen LogP contribution in [-0.2, 0) is 15.9 Å². The summed E-state index contributed by atoms with van der Waals surface area (Å²) in [5.74, 6) is 0. The van der Waals surface area contributed by atoms with E-state index in [0.29, 0.717) is 0 Å². The van der Waals surface area contributed by atoms with E-state index in [2.05, 4.69) is 4.98 Å². The van der Waals surface area contributed by atoms with Gasteiger partial charge in [-0.05, 0) is 34.6 Å². The van der Waals surface area contributed by atoms with Crippen LogP contribution in [0.1, 0.15) is 56.3 Å². The molecule has 0 aliphatic carbocycles. The molecule has 0 saturated carbocycles. The van der Waals surface area contributed by atoms with Crippen LogP contribution in [0.4, 0.5) is 0 Å². The third-order valence-corrected chi connectivity index (χ3v) is 4.16. The summed E-state index contributed by atoms with van der Waals surface area (Å²) in [6.07, 6.45) is -0.493. The number of aliphatic hydroxyl groups excluding tert-OH is 1. The first-order chi connectivity index (χ1) is 6.74. The zero-order valence-electron chi connectivity index (χ0n) is 9.79. The third kappa shape index (κ3) is 1.61. The van der Waals surface area contributed by atoms with Crippen molar-refractivity contribution in [3.05, 3.63) is 15.6 Å². The molecule has 0 aromatic carbocycles. The molecule has 4 heteroatoms. The molecule has 1 atom stereocenters. The van der Waals surface area contributed by atoms with Gasteiger partial charge in [-0.15, -0.1) is 11.3 Å². The quantitative estimate of drug-likeness (QED) is 0.802. The molecule has 0 spiro atoms. The number of hydrogen-bond donors (Lipinski definition) is 1. The lowest BCUT2D eigenvalue weighted by molar-refractivity contribution is -0.105. The van der Waals surface area contributed by atoms with Crippen molar-refractivity contribution in [1.29, 1.82) is 0 Å². The molecule has 1 aromatic rings. The molecule has 0 amide bonds. The van der Waals surface area contributed by atoms with Crippen LogP contribution < -0.4 is 0 Å². The number of rotatable bonds is 1. The lowest BCUT2D eigenvalue weighted by Crippen LogP contribution is -2.23. The van der Waals surface area contributed by atoms with E-state index in [1.54, 1.807) is 18.3 Å². The highest BCUT2D eigenvalue weighted by molar-refractivity contribution is 7.12. The van der Waals surface area contributed by atoms with E-state index >= 15 is 0 Å². The van der Waals surface area contributed by atoms with Crippen molar-refractivity contribution in [1.82, 2.24) is 4.98 Å². The van der Waals surface area contributed by atoms with E-state index in [9.17, 15) is 5.11 Å². The number of nitrogens with zero attached hydrogens (tertiary/aromatic N) is 1. The number of thiazole rings is 1. The average molecular weight is 227 g/mol. The van der Waals surface area contributed by atoms with Crippen molar-refractivity contribution < 1.29 is 9.84 Å². The molecule has 1 aliphatic heterocycles. The van der Waals surface area contributed by atoms with Crippen LogP contribution in [0.15, 0.2) is 0 Å². The fraction of sp³-hybridized carbons (Fsp3) is 0.727. The van der Waals surface area contributed by atoms with Gasteiger partial charge >= 0.3 is 0 Å². The molecule has 2 heterocycles. The van der Waals surface area contributed by atoms with Crippen LogP contribution in [-0.4, -0.2) is 10.1 Å². The highest BCUT2D eigenvalue weighted by Gasteiger charge is 2.46. The van der Waals surface area contributed by atoms with E-state index in [1.165, 1.54) is 0 Å². The van der Waals surface area contributed by atoms with Crippen molar-refractivity contribution in [3.63, 3.8) is 0 Å². The van der Waals surface area contributed by atoms with Crippen LogP contribution in [0.25, 0.3) is 0 Å². The SMILES string of the molecule is CC(O)c1nc2c(s1)C(C)(C)OC2(C)C. The molecule has 0 fully saturated rings. The van der Waals surface area contributed by atoms with E-state index in [4.69, 9.17) is 4.74 Å². The minimum Gasteiger partial charge on any atom is -0.386 e. The lowest BCUT2D eigenvalue weighted by atomic mass is 10.0. The summed E-state index contributed by atoms with van der Waals surface area (Å²) in [5.41, 5.74) is 0.347. The van der Waals surface area contributed by atoms with Crippen molar-refractivity contribution in [2.75, 3.05) is 0 Å². The first-order valence-corrected chi connectivity index (χ1v) is 5.95. The number of fused-ring (bicyclic) bond motifs is 1. The average Bonchev–Trinajstić information content (AvgIpc) is 2.50. The predicted octanol–water partition coefficient (Wildman–Crippen LogP) is 2.70. The Balaban J connectivity index is 2.55. The summed E-state index contributed by atoms with van der Waals surface area (Å²) in [4.78, 5) is 5.62. The normalized spacial score (nSPS) is 23.9. The van der Waals surface area contributed by atoms with Crippen molar-refractivity contribution in [2.24, 2.45) is 0 Å². The van der Waals surface area contributed by atoms with Gasteiger partial charge < -0.3 is 9.84 Å². The van der Waals surface area contributed by atoms with E-state index in [0.717, 1.165) is 15.6 Å². The molecular weight excluding hydrogens is 210 g/mol. The third-order valence-electron chi connectivity index (χ3n) is 2.63. The van der Waals surface area contributed by atoms with Gasteiger partial charge in [0.2, 0.25) is 0 Å². The molecule has 15 heavy (non-hydrogen) atoms. The Morgan fingerprint density at radius 1 is 1.27 bits per heavy atom. The minimum absolute atomic E-state index is 0.288. The molecule has 3 nitrogen and oxygen atoms in total. The van der Waals surface area contributed by atoms with Crippen LogP contribution in [0, 0.1) is 0 Å². The molecule has 1 unspecified atom stereocenters. The Morgan fingerprint density at radius 2 is 1.87 bits per heavy atom. The van der Waals surface area contributed by atoms with Gasteiger partial charge in [0, 0.05) is 0 Å². The molecule has 1 N–H and O–H groups in total. The Kier molecular flexibility index (Phi) is 2.23. The second kappa shape index (κ2) is 3.03. The largest absolute Gasteiger partial charge is 0.386 e. The maximum absolute atomic E-state index is 9.53. The Hall–Kier alpha value is -0.450. The van der Waals surface area contributed by atoms with Gasteiger partial charge in [-0.3, -0.25) is 0 Å². The van der Waals surface area contributed by atoms with Crippen LogP contribution in [0.2, 0.25) is 0 Å². The molecule has 1 aromatic heterocycles. The standard InChI is InChI=1S/C11H17NO2S/c1-6(13)9-12-7-8(15-9)11(4,5)14-10(7,2)3/h6,13H,1-5H3. The highest BCUT2D eigenvalue weighted by Crippen LogP contribution is 2.49. The first-order valence-electron chi connectivity index (χ1n) is 5.14. The summed E-state index contributed by atoms with van der Waals surface area (Å²) in [7, 11) is 0. The summed E-state index contributed by atoms with van der Waals surface area (Å²) < 4.78 is 5.95. The van der Waals surface area contributed by atoms with Gasteiger partial charge in [-0.25, -0.2) is 4.98 Å². The molecule has 0 radical (unpaired) electrons. The molecule has 1 aliphatic rings. The fourth-order valence-corrected chi connectivity index (χ4v) is 3.26. The lowest BCUT2D eigenvalue weighted by Gasteiger charge is -2.24. The maximum atomic E-state index is 9.53. The molecule has 0 saturated heterocycles.